The van der Waals surface area contributed by atoms with Crippen LogP contribution in [-0.2, 0) is 0 Å². The van der Waals surface area contributed by atoms with Crippen LogP contribution in [0.4, 0.5) is 5.69 Å². The number of methoxy groups -OCH3 is 1. The topological polar surface area (TPSA) is 98.9 Å². The second-order valence-electron chi connectivity index (χ2n) is 3.78. The molecule has 0 aliphatic carbocycles. The number of nitrogens with zero attached hydrogens (tertiary/aromatic N) is 1. The molecule has 0 saturated heterocycles. The minimum Gasteiger partial charge on any atom is -0.493 e. The van der Waals surface area contributed by atoms with E-state index in [0.29, 0.717) is 6.61 Å². The predicted molar refractivity (Wildman–Crippen MR) is 67.0 cm³/mol. The van der Waals surface area contributed by atoms with Gasteiger partial charge in [-0.1, -0.05) is 13.3 Å². The Labute approximate surface area is 109 Å². The first-order valence-electron chi connectivity index (χ1n) is 5.73. The highest BCUT2D eigenvalue weighted by molar-refractivity contribution is 5.93. The van der Waals surface area contributed by atoms with E-state index in [2.05, 4.69) is 0 Å². The first-order valence-corrected chi connectivity index (χ1v) is 5.73. The quantitative estimate of drug-likeness (QED) is 0.463. The molecule has 0 aromatic heterocycles. The zero-order valence-electron chi connectivity index (χ0n) is 10.7. The molecule has 0 aliphatic heterocycles. The van der Waals surface area contributed by atoms with Gasteiger partial charge >= 0.3 is 5.97 Å². The highest BCUT2D eigenvalue weighted by Crippen LogP contribution is 2.34. The van der Waals surface area contributed by atoms with Crippen molar-refractivity contribution in [1.82, 2.24) is 0 Å². The zero-order valence-corrected chi connectivity index (χ0v) is 10.7. The predicted octanol–water partition coefficient (Wildman–Crippen LogP) is 2.48. The number of benzene rings is 1. The minimum absolute atomic E-state index is 0.166. The van der Waals surface area contributed by atoms with Gasteiger partial charge in [0.05, 0.1) is 24.7 Å². The summed E-state index contributed by atoms with van der Waals surface area (Å²) in [7, 11) is 1.35. The molecule has 0 atom stereocenters. The van der Waals surface area contributed by atoms with E-state index in [1.54, 1.807) is 0 Å². The Kier molecular flexibility index (Phi) is 5.11. The van der Waals surface area contributed by atoms with Crippen LogP contribution in [0.5, 0.6) is 11.5 Å². The molecule has 0 bridgehead atoms. The van der Waals surface area contributed by atoms with Gasteiger partial charge in [0, 0.05) is 6.07 Å². The first kappa shape index (κ1) is 14.7. The van der Waals surface area contributed by atoms with Crippen LogP contribution in [0.2, 0.25) is 0 Å². The molecular weight excluding hydrogens is 254 g/mol. The molecule has 1 aromatic carbocycles. The molecule has 1 N–H and O–H groups in total. The number of rotatable bonds is 7. The number of nitro benzene ring substituents is 1. The Hall–Kier alpha value is -2.31. The molecule has 1 aromatic rings. The first-order chi connectivity index (χ1) is 9.01. The second kappa shape index (κ2) is 6.58. The van der Waals surface area contributed by atoms with Crippen molar-refractivity contribution in [2.75, 3.05) is 13.7 Å². The third kappa shape index (κ3) is 3.57. The molecule has 0 heterocycles. The summed E-state index contributed by atoms with van der Waals surface area (Å²) in [6.07, 6.45) is 1.70. The zero-order chi connectivity index (χ0) is 14.4. The maximum absolute atomic E-state index is 11.0. The van der Waals surface area contributed by atoms with E-state index in [0.717, 1.165) is 25.0 Å². The number of carboxylic acid groups (broad SMARTS) is 1. The number of unbranched alkanes of at least 4 members (excludes halogenated alkanes) is 1. The second-order valence-corrected chi connectivity index (χ2v) is 3.78. The lowest BCUT2D eigenvalue weighted by Crippen LogP contribution is -2.06. The number of nitro groups is 1. The third-order valence-corrected chi connectivity index (χ3v) is 2.46. The Balaban J connectivity index is 3.19. The summed E-state index contributed by atoms with van der Waals surface area (Å²) in [6, 6.07) is 2.18. The van der Waals surface area contributed by atoms with Crippen molar-refractivity contribution >= 4 is 11.7 Å². The number of carboxylic acids is 1. The van der Waals surface area contributed by atoms with Crippen molar-refractivity contribution in [2.45, 2.75) is 19.8 Å². The molecule has 7 heteroatoms. The molecule has 0 amide bonds. The standard InChI is InChI=1S/C12H15NO6/c1-3-4-5-19-11-7-9(13(16)17)8(12(14)15)6-10(11)18-2/h6-7H,3-5H2,1-2H3,(H,14,15). The van der Waals surface area contributed by atoms with Crippen molar-refractivity contribution in [2.24, 2.45) is 0 Å². The van der Waals surface area contributed by atoms with Gasteiger partial charge in [-0.2, -0.15) is 0 Å². The number of carbonyl (C=O) groups is 1. The summed E-state index contributed by atoms with van der Waals surface area (Å²) < 4.78 is 10.4. The third-order valence-electron chi connectivity index (χ3n) is 2.46. The molecule has 0 aliphatic rings. The van der Waals surface area contributed by atoms with Gasteiger partial charge in [-0.15, -0.1) is 0 Å². The van der Waals surface area contributed by atoms with Crippen LogP contribution in [0.1, 0.15) is 30.1 Å². The van der Waals surface area contributed by atoms with E-state index >= 15 is 0 Å². The summed E-state index contributed by atoms with van der Waals surface area (Å²) in [5, 5.41) is 19.8. The van der Waals surface area contributed by atoms with Gasteiger partial charge in [0.15, 0.2) is 11.5 Å². The molecule has 1 rings (SSSR count). The van der Waals surface area contributed by atoms with Crippen LogP contribution in [-0.4, -0.2) is 29.7 Å². The number of ether oxygens (including phenoxy) is 2. The molecule has 0 unspecified atom stereocenters. The van der Waals surface area contributed by atoms with Crippen LogP contribution in [0.15, 0.2) is 12.1 Å². The Morgan fingerprint density at radius 3 is 2.58 bits per heavy atom. The van der Waals surface area contributed by atoms with Crippen molar-refractivity contribution in [3.63, 3.8) is 0 Å². The van der Waals surface area contributed by atoms with Crippen molar-refractivity contribution in [3.05, 3.63) is 27.8 Å². The summed E-state index contributed by atoms with van der Waals surface area (Å²) >= 11 is 0. The molecular formula is C12H15NO6. The van der Waals surface area contributed by atoms with E-state index in [1.165, 1.54) is 7.11 Å². The van der Waals surface area contributed by atoms with Crippen LogP contribution in [0, 0.1) is 10.1 Å². The van der Waals surface area contributed by atoms with Crippen LogP contribution >= 0.6 is 0 Å². The molecule has 104 valence electrons. The smallest absolute Gasteiger partial charge is 0.342 e. The molecule has 7 nitrogen and oxygen atoms in total. The average Bonchev–Trinajstić information content (AvgIpc) is 2.38. The van der Waals surface area contributed by atoms with Crippen molar-refractivity contribution in [1.29, 1.82) is 0 Å². The lowest BCUT2D eigenvalue weighted by Gasteiger charge is -2.11. The van der Waals surface area contributed by atoms with Gasteiger partial charge in [-0.05, 0) is 6.42 Å². The SMILES string of the molecule is CCCCOc1cc([N+](=O)[O-])c(C(=O)O)cc1OC. The van der Waals surface area contributed by atoms with E-state index in [1.807, 2.05) is 6.92 Å². The Bertz CT molecular complexity index is 485. The maximum Gasteiger partial charge on any atom is 0.342 e. The van der Waals surface area contributed by atoms with Gasteiger partial charge in [0.2, 0.25) is 0 Å². The lowest BCUT2D eigenvalue weighted by atomic mass is 10.1. The summed E-state index contributed by atoms with van der Waals surface area (Å²) in [6.45, 7) is 2.37. The van der Waals surface area contributed by atoms with E-state index < -0.39 is 22.1 Å². The summed E-state index contributed by atoms with van der Waals surface area (Å²) in [5.74, 6) is -1.04. The van der Waals surface area contributed by atoms with Gasteiger partial charge in [0.1, 0.15) is 5.56 Å². The van der Waals surface area contributed by atoms with Crippen LogP contribution < -0.4 is 9.47 Å². The summed E-state index contributed by atoms with van der Waals surface area (Å²) in [4.78, 5) is 21.1. The normalized spacial score (nSPS) is 10.0. The lowest BCUT2D eigenvalue weighted by molar-refractivity contribution is -0.385. The van der Waals surface area contributed by atoms with Crippen LogP contribution in [0.3, 0.4) is 0 Å². The fraction of sp³-hybridized carbons (Fsp3) is 0.417. The molecule has 0 saturated carbocycles. The van der Waals surface area contributed by atoms with E-state index in [4.69, 9.17) is 14.6 Å². The number of aromatic carboxylic acids is 1. The van der Waals surface area contributed by atoms with Gasteiger partial charge < -0.3 is 14.6 Å². The fourth-order valence-electron chi connectivity index (χ4n) is 1.47. The molecule has 0 radical (unpaired) electrons. The van der Waals surface area contributed by atoms with Crippen molar-refractivity contribution < 1.29 is 24.3 Å². The number of hydrogen-bond acceptors (Lipinski definition) is 5. The van der Waals surface area contributed by atoms with E-state index in [9.17, 15) is 14.9 Å². The average molecular weight is 269 g/mol. The Morgan fingerprint density at radius 1 is 1.42 bits per heavy atom. The van der Waals surface area contributed by atoms with Gasteiger partial charge in [0.25, 0.3) is 5.69 Å². The fourth-order valence-corrected chi connectivity index (χ4v) is 1.47. The maximum atomic E-state index is 11.0. The van der Waals surface area contributed by atoms with Crippen LogP contribution in [0.25, 0.3) is 0 Å². The molecule has 0 fully saturated rings. The highest BCUT2D eigenvalue weighted by Gasteiger charge is 2.24. The summed E-state index contributed by atoms with van der Waals surface area (Å²) in [5.41, 5.74) is -0.940. The monoisotopic (exact) mass is 269 g/mol. The molecule has 0 spiro atoms. The molecule has 19 heavy (non-hydrogen) atoms. The van der Waals surface area contributed by atoms with E-state index in [-0.39, 0.29) is 11.5 Å². The number of hydrogen-bond donors (Lipinski definition) is 1. The van der Waals surface area contributed by atoms with Gasteiger partial charge in [-0.3, -0.25) is 10.1 Å². The highest BCUT2D eigenvalue weighted by atomic mass is 16.6. The van der Waals surface area contributed by atoms with Gasteiger partial charge in [-0.25, -0.2) is 4.79 Å². The van der Waals surface area contributed by atoms with Crippen molar-refractivity contribution in [3.8, 4) is 11.5 Å². The largest absolute Gasteiger partial charge is 0.493 e. The Morgan fingerprint density at radius 2 is 2.11 bits per heavy atom. The minimum atomic E-state index is -1.38.